The van der Waals surface area contributed by atoms with E-state index in [1.165, 1.54) is 44.2 Å². The van der Waals surface area contributed by atoms with E-state index >= 15 is 0 Å². The fourth-order valence-electron chi connectivity index (χ4n) is 2.48. The maximum atomic E-state index is 11.1. The van der Waals surface area contributed by atoms with Crippen LogP contribution in [0.25, 0.3) is 0 Å². The van der Waals surface area contributed by atoms with Crippen molar-refractivity contribution in [2.75, 3.05) is 11.9 Å². The minimum Gasteiger partial charge on any atom is -0.385 e. The van der Waals surface area contributed by atoms with Crippen LogP contribution in [0.15, 0.2) is 29.2 Å². The van der Waals surface area contributed by atoms with Crippen molar-refractivity contribution in [3.63, 3.8) is 0 Å². The first-order valence-electron chi connectivity index (χ1n) is 6.42. The van der Waals surface area contributed by atoms with Crippen LogP contribution < -0.4 is 10.5 Å². The molecule has 0 unspecified atom stereocenters. The molecule has 0 bridgehead atoms. The van der Waals surface area contributed by atoms with Gasteiger partial charge in [0.15, 0.2) is 0 Å². The van der Waals surface area contributed by atoms with Crippen LogP contribution in [0.5, 0.6) is 0 Å². The van der Waals surface area contributed by atoms with Gasteiger partial charge in [-0.1, -0.05) is 25.7 Å². The van der Waals surface area contributed by atoms with Crippen LogP contribution in [0.3, 0.4) is 0 Å². The molecule has 0 atom stereocenters. The topological polar surface area (TPSA) is 72.2 Å². The summed E-state index contributed by atoms with van der Waals surface area (Å²) in [4.78, 5) is 0.156. The van der Waals surface area contributed by atoms with E-state index in [0.29, 0.717) is 0 Å². The van der Waals surface area contributed by atoms with Gasteiger partial charge in [0, 0.05) is 12.2 Å². The van der Waals surface area contributed by atoms with Crippen molar-refractivity contribution in [1.82, 2.24) is 0 Å². The molecule has 18 heavy (non-hydrogen) atoms. The van der Waals surface area contributed by atoms with Gasteiger partial charge in [0.25, 0.3) is 0 Å². The lowest BCUT2D eigenvalue weighted by atomic mass is 10.0. The SMILES string of the molecule is NS(=O)(=O)c1ccc(NCCC2CCCC2)cc1. The van der Waals surface area contributed by atoms with Crippen LogP contribution in [0.1, 0.15) is 32.1 Å². The average Bonchev–Trinajstić information content (AvgIpc) is 2.82. The van der Waals surface area contributed by atoms with Crippen LogP contribution in [0.2, 0.25) is 0 Å². The van der Waals surface area contributed by atoms with Gasteiger partial charge in [-0.2, -0.15) is 0 Å². The lowest BCUT2D eigenvalue weighted by Gasteiger charge is -2.11. The van der Waals surface area contributed by atoms with Gasteiger partial charge in [-0.05, 0) is 36.6 Å². The van der Waals surface area contributed by atoms with Crippen LogP contribution in [-0.4, -0.2) is 15.0 Å². The second-order valence-corrected chi connectivity index (χ2v) is 6.50. The molecule has 2 rings (SSSR count). The van der Waals surface area contributed by atoms with Crippen molar-refractivity contribution in [2.24, 2.45) is 11.1 Å². The summed E-state index contributed by atoms with van der Waals surface area (Å²) in [5.74, 6) is 0.862. The van der Waals surface area contributed by atoms with Gasteiger partial charge < -0.3 is 5.32 Å². The molecule has 4 nitrogen and oxygen atoms in total. The molecular formula is C13H20N2O2S. The number of nitrogens with one attached hydrogen (secondary N) is 1. The second kappa shape index (κ2) is 5.71. The Morgan fingerprint density at radius 2 is 1.78 bits per heavy atom. The van der Waals surface area contributed by atoms with E-state index in [1.54, 1.807) is 12.1 Å². The fraction of sp³-hybridized carbons (Fsp3) is 0.538. The molecular weight excluding hydrogens is 248 g/mol. The Morgan fingerprint density at radius 3 is 2.33 bits per heavy atom. The monoisotopic (exact) mass is 268 g/mol. The Morgan fingerprint density at radius 1 is 1.17 bits per heavy atom. The van der Waals surface area contributed by atoms with Gasteiger partial charge in [0.2, 0.25) is 10.0 Å². The Kier molecular flexibility index (Phi) is 4.24. The lowest BCUT2D eigenvalue weighted by Crippen LogP contribution is -2.12. The van der Waals surface area contributed by atoms with E-state index in [0.717, 1.165) is 18.2 Å². The van der Waals surface area contributed by atoms with Crippen LogP contribution in [0, 0.1) is 5.92 Å². The van der Waals surface area contributed by atoms with Gasteiger partial charge in [-0.25, -0.2) is 13.6 Å². The average molecular weight is 268 g/mol. The van der Waals surface area contributed by atoms with E-state index in [2.05, 4.69) is 5.32 Å². The first-order chi connectivity index (χ1) is 8.55. The van der Waals surface area contributed by atoms with Crippen LogP contribution in [-0.2, 0) is 10.0 Å². The zero-order valence-electron chi connectivity index (χ0n) is 10.4. The number of benzene rings is 1. The highest BCUT2D eigenvalue weighted by molar-refractivity contribution is 7.89. The molecule has 0 heterocycles. The summed E-state index contributed by atoms with van der Waals surface area (Å²) in [6.07, 6.45) is 6.64. The van der Waals surface area contributed by atoms with Crippen LogP contribution >= 0.6 is 0 Å². The Balaban J connectivity index is 1.83. The van der Waals surface area contributed by atoms with Gasteiger partial charge in [0.05, 0.1) is 4.90 Å². The van der Waals surface area contributed by atoms with Crippen LogP contribution in [0.4, 0.5) is 5.69 Å². The molecule has 0 radical (unpaired) electrons. The zero-order valence-corrected chi connectivity index (χ0v) is 11.2. The maximum absolute atomic E-state index is 11.1. The quantitative estimate of drug-likeness (QED) is 0.861. The van der Waals surface area contributed by atoms with Crippen molar-refractivity contribution in [3.05, 3.63) is 24.3 Å². The van der Waals surface area contributed by atoms with Gasteiger partial charge in [0.1, 0.15) is 0 Å². The minimum absolute atomic E-state index is 0.156. The van der Waals surface area contributed by atoms with Crippen molar-refractivity contribution < 1.29 is 8.42 Å². The third-order valence-electron chi connectivity index (χ3n) is 3.54. The van der Waals surface area contributed by atoms with E-state index in [9.17, 15) is 8.42 Å². The summed E-state index contributed by atoms with van der Waals surface area (Å²) in [7, 11) is -3.58. The largest absolute Gasteiger partial charge is 0.385 e. The molecule has 0 aromatic heterocycles. The van der Waals surface area contributed by atoms with Gasteiger partial charge in [-0.3, -0.25) is 0 Å². The number of hydrogen-bond donors (Lipinski definition) is 2. The Hall–Kier alpha value is -1.07. The Labute approximate surface area is 109 Å². The van der Waals surface area contributed by atoms with Crippen molar-refractivity contribution in [2.45, 2.75) is 37.0 Å². The first kappa shape index (κ1) is 13.4. The normalized spacial score (nSPS) is 16.9. The molecule has 0 saturated heterocycles. The van der Waals surface area contributed by atoms with Gasteiger partial charge in [-0.15, -0.1) is 0 Å². The summed E-state index contributed by atoms with van der Waals surface area (Å²) < 4.78 is 22.2. The molecule has 0 aliphatic heterocycles. The molecule has 5 heteroatoms. The summed E-state index contributed by atoms with van der Waals surface area (Å²) in [5.41, 5.74) is 0.945. The summed E-state index contributed by atoms with van der Waals surface area (Å²) in [6, 6.07) is 6.59. The first-order valence-corrected chi connectivity index (χ1v) is 7.97. The zero-order chi connectivity index (χ0) is 13.0. The predicted octanol–water partition coefficient (Wildman–Crippen LogP) is 2.33. The van der Waals surface area contributed by atoms with E-state index in [-0.39, 0.29) is 4.90 Å². The summed E-state index contributed by atoms with van der Waals surface area (Å²) in [6.45, 7) is 0.944. The highest BCUT2D eigenvalue weighted by Crippen LogP contribution is 2.27. The van der Waals surface area contributed by atoms with Crippen molar-refractivity contribution >= 4 is 15.7 Å². The molecule has 1 fully saturated rings. The summed E-state index contributed by atoms with van der Waals surface area (Å²) >= 11 is 0. The number of primary sulfonamides is 1. The molecule has 1 aliphatic rings. The Bertz CT molecular complexity index is 476. The van der Waals surface area contributed by atoms with E-state index < -0.39 is 10.0 Å². The lowest BCUT2D eigenvalue weighted by molar-refractivity contribution is 0.518. The molecule has 1 aliphatic carbocycles. The standard InChI is InChI=1S/C13H20N2O2S/c14-18(16,17)13-7-5-12(6-8-13)15-10-9-11-3-1-2-4-11/h5-8,11,15H,1-4,9-10H2,(H2,14,16,17). The number of sulfonamides is 1. The highest BCUT2D eigenvalue weighted by atomic mass is 32.2. The highest BCUT2D eigenvalue weighted by Gasteiger charge is 2.14. The molecule has 0 amide bonds. The summed E-state index contributed by atoms with van der Waals surface area (Å²) in [5, 5.41) is 8.36. The maximum Gasteiger partial charge on any atom is 0.238 e. The fourth-order valence-corrected chi connectivity index (χ4v) is 3.00. The minimum atomic E-state index is -3.58. The molecule has 1 aromatic carbocycles. The number of hydrogen-bond acceptors (Lipinski definition) is 3. The van der Waals surface area contributed by atoms with E-state index in [1.807, 2.05) is 0 Å². The van der Waals surface area contributed by atoms with E-state index in [4.69, 9.17) is 5.14 Å². The predicted molar refractivity (Wildman–Crippen MR) is 72.9 cm³/mol. The molecule has 3 N–H and O–H groups in total. The molecule has 1 aromatic rings. The smallest absolute Gasteiger partial charge is 0.238 e. The van der Waals surface area contributed by atoms with Crippen molar-refractivity contribution in [1.29, 1.82) is 0 Å². The number of nitrogens with two attached hydrogens (primary N) is 1. The van der Waals surface area contributed by atoms with Gasteiger partial charge >= 0.3 is 0 Å². The third-order valence-corrected chi connectivity index (χ3v) is 4.47. The molecule has 100 valence electrons. The molecule has 0 spiro atoms. The molecule has 1 saturated carbocycles. The number of rotatable bonds is 5. The van der Waals surface area contributed by atoms with Crippen molar-refractivity contribution in [3.8, 4) is 0 Å². The number of anilines is 1. The third kappa shape index (κ3) is 3.71. The second-order valence-electron chi connectivity index (χ2n) is 4.94.